The van der Waals surface area contributed by atoms with Gasteiger partial charge >= 0.3 is 0 Å². The predicted octanol–water partition coefficient (Wildman–Crippen LogP) is 5.28. The van der Waals surface area contributed by atoms with Gasteiger partial charge in [0.05, 0.1) is 21.7 Å². The topological polar surface area (TPSA) is 88.4 Å². The molecular formula is C29H29N5O3S2. The zero-order valence-corrected chi connectivity index (χ0v) is 23.6. The molecule has 5 aromatic rings. The molecule has 0 fully saturated rings. The van der Waals surface area contributed by atoms with Crippen molar-refractivity contribution in [3.63, 3.8) is 0 Å². The lowest BCUT2D eigenvalue weighted by molar-refractivity contribution is 0.0985. The van der Waals surface area contributed by atoms with E-state index < -0.39 is 10.0 Å². The molecule has 200 valence electrons. The Kier molecular flexibility index (Phi) is 7.60. The number of hydrogen-bond acceptors (Lipinski definition) is 6. The fourth-order valence-electron chi connectivity index (χ4n) is 4.42. The van der Waals surface area contributed by atoms with Gasteiger partial charge in [-0.25, -0.2) is 13.4 Å². The first kappa shape index (κ1) is 26.7. The fourth-order valence-corrected chi connectivity index (χ4v) is 6.75. The average molecular weight is 560 g/mol. The lowest BCUT2D eigenvalue weighted by Crippen LogP contribution is -2.34. The van der Waals surface area contributed by atoms with Gasteiger partial charge in [-0.05, 0) is 66.9 Å². The summed E-state index contributed by atoms with van der Waals surface area (Å²) >= 11 is 1.47. The summed E-state index contributed by atoms with van der Waals surface area (Å²) in [5.41, 5.74) is 4.34. The standard InChI is InChI=1S/C29H29N5O3S2/c1-21-18-22(2)27-26(19-21)38-29(31-27)34(17-16-33-15-7-14-30-33)28(35)24-10-12-25(13-11-24)39(36,37)32(3)20-23-8-5-4-6-9-23/h4-15,18-19H,16-17,20H2,1-3H3. The van der Waals surface area contributed by atoms with Crippen LogP contribution in [0.1, 0.15) is 27.0 Å². The van der Waals surface area contributed by atoms with Crippen molar-refractivity contribution in [1.82, 2.24) is 19.1 Å². The number of rotatable bonds is 9. The molecule has 1 amide bonds. The maximum atomic E-state index is 13.8. The Labute approximate surface area is 232 Å². The van der Waals surface area contributed by atoms with Crippen molar-refractivity contribution in [3.8, 4) is 0 Å². The van der Waals surface area contributed by atoms with E-state index in [4.69, 9.17) is 4.98 Å². The number of fused-ring (bicyclic) bond motifs is 1. The molecule has 0 radical (unpaired) electrons. The van der Waals surface area contributed by atoms with Crippen LogP contribution in [0.25, 0.3) is 10.2 Å². The molecule has 0 aliphatic heterocycles. The molecule has 0 aliphatic rings. The minimum atomic E-state index is -3.73. The van der Waals surface area contributed by atoms with Gasteiger partial charge in [0.1, 0.15) is 0 Å². The molecule has 0 unspecified atom stereocenters. The van der Waals surface area contributed by atoms with Crippen LogP contribution in [0.15, 0.2) is 90.1 Å². The molecule has 8 nitrogen and oxygen atoms in total. The molecule has 0 saturated heterocycles. The number of carbonyl (C=O) groups is 1. The highest BCUT2D eigenvalue weighted by molar-refractivity contribution is 7.89. The summed E-state index contributed by atoms with van der Waals surface area (Å²) in [6.45, 7) is 5.16. The van der Waals surface area contributed by atoms with E-state index in [1.54, 1.807) is 35.0 Å². The van der Waals surface area contributed by atoms with Crippen LogP contribution in [0.5, 0.6) is 0 Å². The summed E-state index contributed by atoms with van der Waals surface area (Å²) in [6.07, 6.45) is 3.55. The van der Waals surface area contributed by atoms with E-state index in [0.29, 0.717) is 23.8 Å². The van der Waals surface area contributed by atoms with Crippen LogP contribution in [-0.4, -0.2) is 47.0 Å². The molecule has 2 aromatic heterocycles. The molecule has 10 heteroatoms. The molecule has 0 saturated carbocycles. The molecule has 0 atom stereocenters. The van der Waals surface area contributed by atoms with Crippen LogP contribution in [0.3, 0.4) is 0 Å². The Hall–Kier alpha value is -3.86. The summed E-state index contributed by atoms with van der Waals surface area (Å²) in [4.78, 5) is 20.4. The van der Waals surface area contributed by atoms with Gasteiger partial charge < -0.3 is 0 Å². The van der Waals surface area contributed by atoms with E-state index in [0.717, 1.165) is 26.9 Å². The first-order valence-corrected chi connectivity index (χ1v) is 14.8. The summed E-state index contributed by atoms with van der Waals surface area (Å²) in [5.74, 6) is -0.253. The highest BCUT2D eigenvalue weighted by atomic mass is 32.2. The minimum absolute atomic E-state index is 0.131. The summed E-state index contributed by atoms with van der Waals surface area (Å²) in [6, 6.07) is 21.5. The second-order valence-corrected chi connectivity index (χ2v) is 12.5. The van der Waals surface area contributed by atoms with E-state index in [1.807, 2.05) is 56.4 Å². The summed E-state index contributed by atoms with van der Waals surface area (Å²) < 4.78 is 30.4. The minimum Gasteiger partial charge on any atom is -0.282 e. The van der Waals surface area contributed by atoms with Crippen LogP contribution in [0.4, 0.5) is 5.13 Å². The predicted molar refractivity (Wildman–Crippen MR) is 155 cm³/mol. The number of amides is 1. The molecule has 0 aliphatic carbocycles. The van der Waals surface area contributed by atoms with Crippen molar-refractivity contribution in [3.05, 3.63) is 107 Å². The van der Waals surface area contributed by atoms with E-state index >= 15 is 0 Å². The van der Waals surface area contributed by atoms with E-state index in [1.165, 1.54) is 27.8 Å². The third-order valence-electron chi connectivity index (χ3n) is 6.46. The van der Waals surface area contributed by atoms with Gasteiger partial charge in [-0.2, -0.15) is 9.40 Å². The molecular weight excluding hydrogens is 530 g/mol. The Morgan fingerprint density at radius 1 is 1.00 bits per heavy atom. The quantitative estimate of drug-likeness (QED) is 0.245. The maximum Gasteiger partial charge on any atom is 0.260 e. The van der Waals surface area contributed by atoms with Gasteiger partial charge in [0.2, 0.25) is 10.0 Å². The van der Waals surface area contributed by atoms with Gasteiger partial charge in [-0.15, -0.1) is 0 Å². The smallest absolute Gasteiger partial charge is 0.260 e. The third kappa shape index (κ3) is 5.78. The molecule has 5 rings (SSSR count). The number of aryl methyl sites for hydroxylation is 2. The van der Waals surface area contributed by atoms with Crippen molar-refractivity contribution in [2.24, 2.45) is 0 Å². The molecule has 39 heavy (non-hydrogen) atoms. The second kappa shape index (κ2) is 11.1. The second-order valence-electron chi connectivity index (χ2n) is 9.42. The average Bonchev–Trinajstić information content (AvgIpc) is 3.60. The number of benzene rings is 3. The number of nitrogens with zero attached hydrogens (tertiary/aromatic N) is 5. The number of anilines is 1. The van der Waals surface area contributed by atoms with E-state index in [2.05, 4.69) is 17.2 Å². The zero-order valence-electron chi connectivity index (χ0n) is 22.0. The van der Waals surface area contributed by atoms with Gasteiger partial charge in [-0.1, -0.05) is 47.7 Å². The lowest BCUT2D eigenvalue weighted by atomic mass is 10.1. The van der Waals surface area contributed by atoms with Gasteiger partial charge in [0.15, 0.2) is 5.13 Å². The maximum absolute atomic E-state index is 13.8. The SMILES string of the molecule is Cc1cc(C)c2nc(N(CCn3cccn3)C(=O)c3ccc(S(=O)(=O)N(C)Cc4ccccc4)cc3)sc2c1. The normalized spacial score (nSPS) is 11.8. The number of hydrogen-bond donors (Lipinski definition) is 0. The van der Waals surface area contributed by atoms with Gasteiger partial charge in [0.25, 0.3) is 5.91 Å². The molecule has 3 aromatic carbocycles. The van der Waals surface area contributed by atoms with Crippen LogP contribution < -0.4 is 4.90 Å². The number of thiazole rings is 1. The Balaban J connectivity index is 1.42. The highest BCUT2D eigenvalue weighted by Crippen LogP contribution is 2.32. The Morgan fingerprint density at radius 2 is 1.74 bits per heavy atom. The van der Waals surface area contributed by atoms with Crippen molar-refractivity contribution < 1.29 is 13.2 Å². The zero-order chi connectivity index (χ0) is 27.6. The fraction of sp³-hybridized carbons (Fsp3) is 0.207. The number of sulfonamides is 1. The lowest BCUT2D eigenvalue weighted by Gasteiger charge is -2.21. The summed E-state index contributed by atoms with van der Waals surface area (Å²) in [7, 11) is -2.18. The first-order chi connectivity index (χ1) is 18.7. The van der Waals surface area contributed by atoms with Crippen LogP contribution in [-0.2, 0) is 23.1 Å². The molecule has 0 bridgehead atoms. The van der Waals surface area contributed by atoms with E-state index in [-0.39, 0.29) is 17.3 Å². The molecule has 2 heterocycles. The number of carbonyl (C=O) groups excluding carboxylic acids is 1. The van der Waals surface area contributed by atoms with Crippen molar-refractivity contribution in [2.75, 3.05) is 18.5 Å². The largest absolute Gasteiger partial charge is 0.282 e. The first-order valence-electron chi connectivity index (χ1n) is 12.5. The monoisotopic (exact) mass is 559 g/mol. The van der Waals surface area contributed by atoms with Crippen LogP contribution in [0, 0.1) is 13.8 Å². The molecule has 0 N–H and O–H groups in total. The third-order valence-corrected chi connectivity index (χ3v) is 9.31. The Morgan fingerprint density at radius 3 is 2.44 bits per heavy atom. The Bertz CT molecular complexity index is 1700. The van der Waals surface area contributed by atoms with Crippen molar-refractivity contribution in [1.29, 1.82) is 0 Å². The number of aromatic nitrogens is 3. The van der Waals surface area contributed by atoms with Crippen LogP contribution in [0.2, 0.25) is 0 Å². The summed E-state index contributed by atoms with van der Waals surface area (Å²) in [5, 5.41) is 4.85. The van der Waals surface area contributed by atoms with Crippen molar-refractivity contribution >= 4 is 42.6 Å². The highest BCUT2D eigenvalue weighted by Gasteiger charge is 2.25. The van der Waals surface area contributed by atoms with Gasteiger partial charge in [0, 0.05) is 38.1 Å². The van der Waals surface area contributed by atoms with E-state index in [9.17, 15) is 13.2 Å². The molecule has 0 spiro atoms. The van der Waals surface area contributed by atoms with Crippen molar-refractivity contribution in [2.45, 2.75) is 31.8 Å². The van der Waals surface area contributed by atoms with Crippen LogP contribution >= 0.6 is 11.3 Å². The van der Waals surface area contributed by atoms with Gasteiger partial charge in [-0.3, -0.25) is 14.4 Å².